The Kier molecular flexibility index (Phi) is 6.17. The van der Waals surface area contributed by atoms with E-state index in [-0.39, 0.29) is 17.8 Å². The minimum atomic E-state index is -3.57. The van der Waals surface area contributed by atoms with Crippen LogP contribution < -0.4 is 9.62 Å². The van der Waals surface area contributed by atoms with Crippen LogP contribution in [-0.4, -0.2) is 20.6 Å². The van der Waals surface area contributed by atoms with Crippen molar-refractivity contribution < 1.29 is 22.0 Å². The number of carbonyl (C=O) groups is 1. The Bertz CT molecular complexity index is 1180. The van der Waals surface area contributed by atoms with Gasteiger partial charge < -0.3 is 5.32 Å². The van der Waals surface area contributed by atoms with E-state index in [9.17, 15) is 22.0 Å². The number of hydrogen-bond acceptors (Lipinski definition) is 3. The minimum absolute atomic E-state index is 0.111. The van der Waals surface area contributed by atoms with Gasteiger partial charge in [-0.15, -0.1) is 0 Å². The molecular formula is C22H20F2N2O3S. The largest absolute Gasteiger partial charge is 0.322 e. The zero-order valence-corrected chi connectivity index (χ0v) is 17.2. The first-order valence-electron chi connectivity index (χ1n) is 9.04. The zero-order valence-electron chi connectivity index (χ0n) is 16.4. The first-order valence-corrected chi connectivity index (χ1v) is 10.9. The van der Waals surface area contributed by atoms with Crippen molar-refractivity contribution in [1.82, 2.24) is 0 Å². The molecule has 5 nitrogen and oxygen atoms in total. The maximum Gasteiger partial charge on any atom is 0.255 e. The molecule has 0 heterocycles. The number of carbonyl (C=O) groups excluding carboxylic acids is 1. The van der Waals surface area contributed by atoms with Crippen molar-refractivity contribution in [3.63, 3.8) is 0 Å². The van der Waals surface area contributed by atoms with Gasteiger partial charge in [0.05, 0.1) is 18.5 Å². The van der Waals surface area contributed by atoms with Gasteiger partial charge in [0.25, 0.3) is 5.91 Å². The standard InChI is InChI=1S/C22H20F2N2O3S/c1-15-5-3-4-6-17(15)14-26(30(2,28)29)19-10-7-16(8-11-19)22(27)25-18-9-12-20(23)21(24)13-18/h3-13H,14H2,1-2H3,(H,25,27). The van der Waals surface area contributed by atoms with Crippen LogP contribution in [0.25, 0.3) is 0 Å². The molecule has 0 atom stereocenters. The first-order chi connectivity index (χ1) is 14.1. The van der Waals surface area contributed by atoms with Crippen molar-refractivity contribution in [3.8, 4) is 0 Å². The van der Waals surface area contributed by atoms with Gasteiger partial charge in [-0.1, -0.05) is 24.3 Å². The highest BCUT2D eigenvalue weighted by atomic mass is 32.2. The van der Waals surface area contributed by atoms with Crippen molar-refractivity contribution in [3.05, 3.63) is 95.1 Å². The molecule has 0 aromatic heterocycles. The Labute approximate surface area is 174 Å². The van der Waals surface area contributed by atoms with E-state index >= 15 is 0 Å². The molecule has 0 spiro atoms. The van der Waals surface area contributed by atoms with Gasteiger partial charge >= 0.3 is 0 Å². The smallest absolute Gasteiger partial charge is 0.255 e. The van der Waals surface area contributed by atoms with Crippen LogP contribution in [-0.2, 0) is 16.6 Å². The molecular weight excluding hydrogens is 410 g/mol. The zero-order chi connectivity index (χ0) is 21.9. The number of aryl methyl sites for hydroxylation is 1. The Balaban J connectivity index is 1.81. The summed E-state index contributed by atoms with van der Waals surface area (Å²) in [5.41, 5.74) is 2.59. The number of hydrogen-bond donors (Lipinski definition) is 1. The number of anilines is 2. The highest BCUT2D eigenvalue weighted by Crippen LogP contribution is 2.23. The Morgan fingerprint density at radius 3 is 2.23 bits per heavy atom. The third-order valence-corrected chi connectivity index (χ3v) is 5.71. The summed E-state index contributed by atoms with van der Waals surface area (Å²) in [5, 5.41) is 2.48. The fourth-order valence-corrected chi connectivity index (χ4v) is 3.78. The molecule has 0 bridgehead atoms. The fourth-order valence-electron chi connectivity index (χ4n) is 2.90. The normalized spacial score (nSPS) is 11.2. The van der Waals surface area contributed by atoms with E-state index in [2.05, 4.69) is 5.32 Å². The molecule has 156 valence electrons. The van der Waals surface area contributed by atoms with Gasteiger partial charge in [-0.05, 0) is 54.4 Å². The lowest BCUT2D eigenvalue weighted by atomic mass is 10.1. The van der Waals surface area contributed by atoms with Gasteiger partial charge in [0.1, 0.15) is 0 Å². The topological polar surface area (TPSA) is 66.5 Å². The maximum absolute atomic E-state index is 13.3. The second-order valence-corrected chi connectivity index (χ2v) is 8.73. The molecule has 0 aliphatic heterocycles. The number of amides is 1. The number of sulfonamides is 1. The van der Waals surface area contributed by atoms with Gasteiger partial charge in [-0.2, -0.15) is 0 Å². The van der Waals surface area contributed by atoms with Gasteiger partial charge in [0.2, 0.25) is 10.0 Å². The van der Waals surface area contributed by atoms with E-state index in [4.69, 9.17) is 0 Å². The first kappa shape index (κ1) is 21.4. The molecule has 0 aliphatic carbocycles. The SMILES string of the molecule is Cc1ccccc1CN(c1ccc(C(=O)Nc2ccc(F)c(F)c2)cc1)S(C)(=O)=O. The lowest BCUT2D eigenvalue weighted by Crippen LogP contribution is -2.29. The third-order valence-electron chi connectivity index (χ3n) is 4.57. The van der Waals surface area contributed by atoms with Gasteiger partial charge in [-0.3, -0.25) is 9.10 Å². The molecule has 3 rings (SSSR count). The predicted molar refractivity (Wildman–Crippen MR) is 113 cm³/mol. The van der Waals surface area contributed by atoms with E-state index < -0.39 is 27.6 Å². The quantitative estimate of drug-likeness (QED) is 0.627. The van der Waals surface area contributed by atoms with Crippen LogP contribution in [0.1, 0.15) is 21.5 Å². The molecule has 1 N–H and O–H groups in total. The number of nitrogens with one attached hydrogen (secondary N) is 1. The highest BCUT2D eigenvalue weighted by molar-refractivity contribution is 7.92. The highest BCUT2D eigenvalue weighted by Gasteiger charge is 2.19. The lowest BCUT2D eigenvalue weighted by Gasteiger charge is -2.23. The molecule has 1 amide bonds. The van der Waals surface area contributed by atoms with Crippen LogP contribution in [0.15, 0.2) is 66.7 Å². The predicted octanol–water partition coefficient (Wildman–Crippen LogP) is 4.49. The van der Waals surface area contributed by atoms with Crippen LogP contribution in [0.5, 0.6) is 0 Å². The summed E-state index contributed by atoms with van der Waals surface area (Å²) in [6, 6.07) is 16.5. The van der Waals surface area contributed by atoms with Crippen molar-refractivity contribution in [2.75, 3.05) is 15.9 Å². The maximum atomic E-state index is 13.3. The summed E-state index contributed by atoms with van der Waals surface area (Å²) in [4.78, 5) is 12.4. The summed E-state index contributed by atoms with van der Waals surface area (Å²) >= 11 is 0. The molecule has 0 fully saturated rings. The van der Waals surface area contributed by atoms with Crippen molar-refractivity contribution in [1.29, 1.82) is 0 Å². The number of rotatable bonds is 6. The average Bonchev–Trinajstić information content (AvgIpc) is 2.69. The summed E-state index contributed by atoms with van der Waals surface area (Å²) in [6.45, 7) is 2.06. The van der Waals surface area contributed by atoms with Crippen LogP contribution in [0.2, 0.25) is 0 Å². The van der Waals surface area contributed by atoms with Crippen molar-refractivity contribution >= 4 is 27.3 Å². The van der Waals surface area contributed by atoms with E-state index in [1.54, 1.807) is 0 Å². The second-order valence-electron chi connectivity index (χ2n) is 6.83. The van der Waals surface area contributed by atoms with Gasteiger partial charge in [-0.25, -0.2) is 17.2 Å². The third kappa shape index (κ3) is 5.01. The lowest BCUT2D eigenvalue weighted by molar-refractivity contribution is 0.102. The molecule has 3 aromatic carbocycles. The molecule has 0 saturated heterocycles. The van der Waals surface area contributed by atoms with E-state index in [1.807, 2.05) is 31.2 Å². The monoisotopic (exact) mass is 430 g/mol. The van der Waals surface area contributed by atoms with Gasteiger partial charge in [0.15, 0.2) is 11.6 Å². The van der Waals surface area contributed by atoms with E-state index in [0.29, 0.717) is 5.69 Å². The molecule has 8 heteroatoms. The summed E-state index contributed by atoms with van der Waals surface area (Å²) in [5.74, 6) is -2.60. The summed E-state index contributed by atoms with van der Waals surface area (Å²) in [7, 11) is -3.57. The Hall–Kier alpha value is -3.26. The van der Waals surface area contributed by atoms with Crippen molar-refractivity contribution in [2.24, 2.45) is 0 Å². The molecule has 3 aromatic rings. The van der Waals surface area contributed by atoms with Crippen LogP contribution in [0.3, 0.4) is 0 Å². The minimum Gasteiger partial charge on any atom is -0.322 e. The van der Waals surface area contributed by atoms with Crippen LogP contribution >= 0.6 is 0 Å². The number of nitrogens with zero attached hydrogens (tertiary/aromatic N) is 1. The van der Waals surface area contributed by atoms with E-state index in [0.717, 1.165) is 29.5 Å². The number of benzene rings is 3. The molecule has 0 aliphatic rings. The average molecular weight is 430 g/mol. The fraction of sp³-hybridized carbons (Fsp3) is 0.136. The second kappa shape index (κ2) is 8.62. The summed E-state index contributed by atoms with van der Waals surface area (Å²) in [6.07, 6.45) is 1.12. The molecule has 0 unspecified atom stereocenters. The van der Waals surface area contributed by atoms with Gasteiger partial charge in [0, 0.05) is 17.3 Å². The summed E-state index contributed by atoms with van der Waals surface area (Å²) < 4.78 is 52.3. The molecule has 0 radical (unpaired) electrons. The van der Waals surface area contributed by atoms with Crippen LogP contribution in [0.4, 0.5) is 20.2 Å². The van der Waals surface area contributed by atoms with Crippen LogP contribution in [0, 0.1) is 18.6 Å². The van der Waals surface area contributed by atoms with Crippen molar-refractivity contribution in [2.45, 2.75) is 13.5 Å². The Morgan fingerprint density at radius 2 is 1.63 bits per heavy atom. The molecule has 0 saturated carbocycles. The number of halogens is 2. The Morgan fingerprint density at radius 1 is 0.967 bits per heavy atom. The molecule has 30 heavy (non-hydrogen) atoms. The van der Waals surface area contributed by atoms with E-state index in [1.165, 1.54) is 34.6 Å².